The predicted molar refractivity (Wildman–Crippen MR) is 87.2 cm³/mol. The van der Waals surface area contributed by atoms with E-state index in [2.05, 4.69) is 10.4 Å². The standard InChI is InChI=1S/C18H22FN3O/c19-17-8-6-15(7-9-17)16-12-21-22(13-16)10-2-5-18(23)20-11-14-3-1-4-14/h6-9,12-14H,1-5,10-11H2,(H,20,23). The summed E-state index contributed by atoms with van der Waals surface area (Å²) < 4.78 is 14.8. The van der Waals surface area contributed by atoms with E-state index in [-0.39, 0.29) is 11.7 Å². The topological polar surface area (TPSA) is 46.9 Å². The highest BCUT2D eigenvalue weighted by Gasteiger charge is 2.17. The van der Waals surface area contributed by atoms with E-state index >= 15 is 0 Å². The summed E-state index contributed by atoms with van der Waals surface area (Å²) in [6.45, 7) is 1.54. The summed E-state index contributed by atoms with van der Waals surface area (Å²) in [5.74, 6) is 0.584. The van der Waals surface area contributed by atoms with Crippen LogP contribution in [0.5, 0.6) is 0 Å². The van der Waals surface area contributed by atoms with Gasteiger partial charge in [0.15, 0.2) is 0 Å². The zero-order chi connectivity index (χ0) is 16.1. The first kappa shape index (κ1) is 15.7. The Labute approximate surface area is 135 Å². The van der Waals surface area contributed by atoms with Gasteiger partial charge in [-0.15, -0.1) is 0 Å². The van der Waals surface area contributed by atoms with Crippen molar-refractivity contribution in [3.63, 3.8) is 0 Å². The Morgan fingerprint density at radius 1 is 1.26 bits per heavy atom. The number of aryl methyl sites for hydroxylation is 1. The molecule has 1 fully saturated rings. The fourth-order valence-electron chi connectivity index (χ4n) is 2.72. The monoisotopic (exact) mass is 315 g/mol. The Morgan fingerprint density at radius 2 is 2.04 bits per heavy atom. The number of halogens is 1. The third kappa shape index (κ3) is 4.41. The molecule has 0 aliphatic heterocycles. The summed E-state index contributed by atoms with van der Waals surface area (Å²) in [4.78, 5) is 11.8. The maximum Gasteiger partial charge on any atom is 0.220 e. The van der Waals surface area contributed by atoms with Gasteiger partial charge in [0, 0.05) is 31.3 Å². The molecule has 1 heterocycles. The van der Waals surface area contributed by atoms with Gasteiger partial charge in [-0.1, -0.05) is 18.6 Å². The van der Waals surface area contributed by atoms with Crippen LogP contribution in [0.4, 0.5) is 4.39 Å². The molecule has 0 unspecified atom stereocenters. The fraction of sp³-hybridized carbons (Fsp3) is 0.444. The minimum atomic E-state index is -0.242. The number of nitrogens with one attached hydrogen (secondary N) is 1. The van der Waals surface area contributed by atoms with E-state index in [1.54, 1.807) is 18.3 Å². The van der Waals surface area contributed by atoms with Gasteiger partial charge in [0.2, 0.25) is 5.91 Å². The van der Waals surface area contributed by atoms with Crippen LogP contribution in [0.3, 0.4) is 0 Å². The molecule has 1 aliphatic rings. The van der Waals surface area contributed by atoms with E-state index in [0.717, 1.165) is 24.1 Å². The van der Waals surface area contributed by atoms with Crippen molar-refractivity contribution >= 4 is 5.91 Å². The van der Waals surface area contributed by atoms with Crippen molar-refractivity contribution in [2.75, 3.05) is 6.54 Å². The van der Waals surface area contributed by atoms with Crippen LogP contribution in [0.15, 0.2) is 36.7 Å². The van der Waals surface area contributed by atoms with Crippen LogP contribution in [0.2, 0.25) is 0 Å². The molecule has 0 radical (unpaired) electrons. The summed E-state index contributed by atoms with van der Waals surface area (Å²) >= 11 is 0. The molecule has 1 aromatic carbocycles. The molecule has 23 heavy (non-hydrogen) atoms. The van der Waals surface area contributed by atoms with E-state index in [4.69, 9.17) is 0 Å². The van der Waals surface area contributed by atoms with E-state index in [9.17, 15) is 9.18 Å². The van der Waals surface area contributed by atoms with Crippen LogP contribution in [-0.2, 0) is 11.3 Å². The molecule has 122 valence electrons. The minimum absolute atomic E-state index is 0.128. The molecule has 5 heteroatoms. The van der Waals surface area contributed by atoms with Crippen LogP contribution in [0.25, 0.3) is 11.1 Å². The van der Waals surface area contributed by atoms with Crippen molar-refractivity contribution in [3.05, 3.63) is 42.5 Å². The lowest BCUT2D eigenvalue weighted by molar-refractivity contribution is -0.121. The lowest BCUT2D eigenvalue weighted by Gasteiger charge is -2.25. The number of hydrogen-bond acceptors (Lipinski definition) is 2. The number of carbonyl (C=O) groups is 1. The molecule has 2 aromatic rings. The highest BCUT2D eigenvalue weighted by Crippen LogP contribution is 2.25. The highest BCUT2D eigenvalue weighted by molar-refractivity contribution is 5.75. The van der Waals surface area contributed by atoms with Gasteiger partial charge in [-0.25, -0.2) is 4.39 Å². The van der Waals surface area contributed by atoms with Gasteiger partial charge >= 0.3 is 0 Å². The van der Waals surface area contributed by atoms with Crippen LogP contribution in [-0.4, -0.2) is 22.2 Å². The van der Waals surface area contributed by atoms with Gasteiger partial charge in [-0.3, -0.25) is 9.48 Å². The summed E-state index contributed by atoms with van der Waals surface area (Å²) in [5, 5.41) is 7.30. The summed E-state index contributed by atoms with van der Waals surface area (Å²) in [6.07, 6.45) is 8.79. The lowest BCUT2D eigenvalue weighted by atomic mass is 9.85. The quantitative estimate of drug-likeness (QED) is 0.851. The molecule has 1 saturated carbocycles. The van der Waals surface area contributed by atoms with E-state index in [1.165, 1.54) is 31.4 Å². The number of carbonyl (C=O) groups excluding carboxylic acids is 1. The fourth-order valence-corrected chi connectivity index (χ4v) is 2.72. The Balaban J connectivity index is 1.42. The van der Waals surface area contributed by atoms with Crippen LogP contribution in [0, 0.1) is 11.7 Å². The molecule has 1 aromatic heterocycles. The van der Waals surface area contributed by atoms with Crippen LogP contribution in [0.1, 0.15) is 32.1 Å². The third-order valence-electron chi connectivity index (χ3n) is 4.41. The molecule has 0 saturated heterocycles. The molecular formula is C18H22FN3O. The Hall–Kier alpha value is -2.17. The van der Waals surface area contributed by atoms with Crippen molar-refractivity contribution in [1.29, 1.82) is 0 Å². The molecule has 1 N–H and O–H groups in total. The Morgan fingerprint density at radius 3 is 2.74 bits per heavy atom. The molecule has 1 amide bonds. The smallest absolute Gasteiger partial charge is 0.220 e. The normalized spacial score (nSPS) is 14.5. The van der Waals surface area contributed by atoms with E-state index in [1.807, 2.05) is 10.9 Å². The zero-order valence-corrected chi connectivity index (χ0v) is 13.2. The Kier molecular flexibility index (Phi) is 5.05. The van der Waals surface area contributed by atoms with Gasteiger partial charge in [0.1, 0.15) is 5.82 Å². The third-order valence-corrected chi connectivity index (χ3v) is 4.41. The number of rotatable bonds is 7. The summed E-state index contributed by atoms with van der Waals surface area (Å²) in [5.41, 5.74) is 1.90. The van der Waals surface area contributed by atoms with Crippen LogP contribution >= 0.6 is 0 Å². The lowest BCUT2D eigenvalue weighted by Crippen LogP contribution is -2.32. The molecule has 0 atom stereocenters. The molecule has 3 rings (SSSR count). The average Bonchev–Trinajstić information content (AvgIpc) is 2.95. The summed E-state index contributed by atoms with van der Waals surface area (Å²) in [6, 6.07) is 6.37. The highest BCUT2D eigenvalue weighted by atomic mass is 19.1. The van der Waals surface area contributed by atoms with Gasteiger partial charge in [-0.05, 0) is 42.9 Å². The van der Waals surface area contributed by atoms with Gasteiger partial charge in [-0.2, -0.15) is 5.10 Å². The number of benzene rings is 1. The maximum absolute atomic E-state index is 12.9. The van der Waals surface area contributed by atoms with E-state index < -0.39 is 0 Å². The van der Waals surface area contributed by atoms with Gasteiger partial charge in [0.05, 0.1) is 6.20 Å². The van der Waals surface area contributed by atoms with Crippen molar-refractivity contribution in [1.82, 2.24) is 15.1 Å². The second-order valence-electron chi connectivity index (χ2n) is 6.20. The Bertz CT molecular complexity index is 647. The average molecular weight is 315 g/mol. The SMILES string of the molecule is O=C(CCCn1cc(-c2ccc(F)cc2)cn1)NCC1CCC1. The zero-order valence-electron chi connectivity index (χ0n) is 13.2. The second kappa shape index (κ2) is 7.40. The first-order chi connectivity index (χ1) is 11.2. The van der Waals surface area contributed by atoms with E-state index in [0.29, 0.717) is 18.9 Å². The minimum Gasteiger partial charge on any atom is -0.356 e. The first-order valence-corrected chi connectivity index (χ1v) is 8.26. The largest absolute Gasteiger partial charge is 0.356 e. The molecular weight excluding hydrogens is 293 g/mol. The molecule has 0 spiro atoms. The summed E-state index contributed by atoms with van der Waals surface area (Å²) in [7, 11) is 0. The number of nitrogens with zero attached hydrogens (tertiary/aromatic N) is 2. The predicted octanol–water partition coefficient (Wildman–Crippen LogP) is 3.39. The molecule has 4 nitrogen and oxygen atoms in total. The van der Waals surface area contributed by atoms with Crippen molar-refractivity contribution in [2.45, 2.75) is 38.6 Å². The second-order valence-corrected chi connectivity index (χ2v) is 6.20. The van der Waals surface area contributed by atoms with Gasteiger partial charge < -0.3 is 5.32 Å². The number of amides is 1. The maximum atomic E-state index is 12.9. The van der Waals surface area contributed by atoms with Gasteiger partial charge in [0.25, 0.3) is 0 Å². The van der Waals surface area contributed by atoms with Crippen molar-refractivity contribution in [3.8, 4) is 11.1 Å². The van der Waals surface area contributed by atoms with Crippen LogP contribution < -0.4 is 5.32 Å². The van der Waals surface area contributed by atoms with Crippen molar-refractivity contribution < 1.29 is 9.18 Å². The number of hydrogen-bond donors (Lipinski definition) is 1. The molecule has 0 bridgehead atoms. The first-order valence-electron chi connectivity index (χ1n) is 8.26. The van der Waals surface area contributed by atoms with Crippen molar-refractivity contribution in [2.24, 2.45) is 5.92 Å². The number of aromatic nitrogens is 2. The molecule has 1 aliphatic carbocycles.